The normalized spacial score (nSPS) is 12.0. The Bertz CT molecular complexity index is 724. The number of amides is 1. The van der Waals surface area contributed by atoms with Gasteiger partial charge in [-0.3, -0.25) is 9.59 Å². The van der Waals surface area contributed by atoms with Crippen molar-refractivity contribution in [2.24, 2.45) is 0 Å². The topological polar surface area (TPSA) is 46.2 Å². The Morgan fingerprint density at radius 1 is 1.22 bits per heavy atom. The minimum absolute atomic E-state index is 0.0375. The second-order valence-corrected chi connectivity index (χ2v) is 7.88. The highest BCUT2D eigenvalue weighted by molar-refractivity contribution is 9.10. The van der Waals surface area contributed by atoms with Crippen molar-refractivity contribution in [2.45, 2.75) is 39.7 Å². The molecule has 1 heterocycles. The van der Waals surface area contributed by atoms with Crippen molar-refractivity contribution in [3.63, 3.8) is 0 Å². The minimum atomic E-state index is -0.105. The molecule has 1 N–H and O–H groups in total. The number of nitrogens with one attached hydrogen (secondary N) is 1. The zero-order chi connectivity index (χ0) is 17.0. The van der Waals surface area contributed by atoms with Crippen LogP contribution in [0.15, 0.2) is 34.8 Å². The lowest BCUT2D eigenvalue weighted by molar-refractivity contribution is -0.121. The van der Waals surface area contributed by atoms with E-state index >= 15 is 0 Å². The number of hydrogen-bond donors (Lipinski definition) is 1. The zero-order valence-corrected chi connectivity index (χ0v) is 15.9. The number of hydrogen-bond acceptors (Lipinski definition) is 3. The van der Waals surface area contributed by atoms with Gasteiger partial charge in [0.05, 0.1) is 6.04 Å². The van der Waals surface area contributed by atoms with Gasteiger partial charge in [-0.1, -0.05) is 34.1 Å². The highest BCUT2D eigenvalue weighted by atomic mass is 79.9. The van der Waals surface area contributed by atoms with Crippen molar-refractivity contribution in [2.75, 3.05) is 0 Å². The fraction of sp³-hybridized carbons (Fsp3) is 0.333. The molecular weight excluding hydrogens is 374 g/mol. The Hall–Kier alpha value is -1.46. The van der Waals surface area contributed by atoms with Crippen molar-refractivity contribution in [1.29, 1.82) is 0 Å². The first-order valence-corrected chi connectivity index (χ1v) is 9.13. The third-order valence-corrected chi connectivity index (χ3v) is 5.36. The molecule has 5 heteroatoms. The average Bonchev–Trinajstić information content (AvgIpc) is 2.84. The summed E-state index contributed by atoms with van der Waals surface area (Å²) >= 11 is 5.10. The molecule has 0 saturated carbocycles. The fourth-order valence-electron chi connectivity index (χ4n) is 2.49. The Labute approximate surface area is 149 Å². The molecule has 0 spiro atoms. The first-order valence-electron chi connectivity index (χ1n) is 7.52. The quantitative estimate of drug-likeness (QED) is 0.704. The van der Waals surface area contributed by atoms with Gasteiger partial charge in [-0.15, -0.1) is 11.3 Å². The van der Waals surface area contributed by atoms with E-state index in [-0.39, 0.29) is 30.6 Å². The molecule has 0 fully saturated rings. The Balaban J connectivity index is 1.89. The maximum absolute atomic E-state index is 12.2. The summed E-state index contributed by atoms with van der Waals surface area (Å²) in [4.78, 5) is 26.4. The number of halogens is 1. The lowest BCUT2D eigenvalue weighted by Crippen LogP contribution is -2.27. The summed E-state index contributed by atoms with van der Waals surface area (Å²) in [6.45, 7) is 5.87. The molecule has 0 saturated heterocycles. The van der Waals surface area contributed by atoms with E-state index in [9.17, 15) is 9.59 Å². The Morgan fingerprint density at radius 2 is 1.91 bits per heavy atom. The number of ketones is 1. The molecular formula is C18H20BrNO2S. The average molecular weight is 394 g/mol. The second kappa shape index (κ2) is 7.88. The van der Waals surface area contributed by atoms with E-state index in [4.69, 9.17) is 0 Å². The lowest BCUT2D eigenvalue weighted by atomic mass is 10.1. The van der Waals surface area contributed by atoms with E-state index < -0.39 is 0 Å². The van der Waals surface area contributed by atoms with Gasteiger partial charge in [-0.05, 0) is 38.5 Å². The molecule has 0 bridgehead atoms. The van der Waals surface area contributed by atoms with Gasteiger partial charge in [-0.25, -0.2) is 0 Å². The summed E-state index contributed by atoms with van der Waals surface area (Å²) in [5.41, 5.74) is 1.77. The van der Waals surface area contributed by atoms with Crippen molar-refractivity contribution >= 4 is 39.0 Å². The van der Waals surface area contributed by atoms with Gasteiger partial charge in [-0.2, -0.15) is 0 Å². The van der Waals surface area contributed by atoms with E-state index in [0.717, 1.165) is 25.4 Å². The van der Waals surface area contributed by atoms with Crippen molar-refractivity contribution in [3.05, 3.63) is 55.7 Å². The molecule has 1 amide bonds. The van der Waals surface area contributed by atoms with Crippen LogP contribution in [-0.2, 0) is 4.79 Å². The number of Topliss-reactive ketones (excluding diaryl/α,β-unsaturated/α-hetero) is 1. The van der Waals surface area contributed by atoms with E-state index in [1.807, 2.05) is 51.1 Å². The van der Waals surface area contributed by atoms with Crippen LogP contribution in [0.5, 0.6) is 0 Å². The Kier molecular flexibility index (Phi) is 6.13. The third-order valence-electron chi connectivity index (χ3n) is 3.67. The number of carbonyl (C=O) groups is 2. The number of thiophene rings is 1. The number of benzene rings is 1. The number of carbonyl (C=O) groups excluding carboxylic acids is 2. The van der Waals surface area contributed by atoms with Crippen LogP contribution in [0.1, 0.15) is 51.5 Å². The smallest absolute Gasteiger partial charge is 0.220 e. The SMILES string of the molecule is Cc1cc(C(=O)CCC(=O)NC(C)c2ccccc2Br)c(C)s1. The summed E-state index contributed by atoms with van der Waals surface area (Å²) in [7, 11) is 0. The molecule has 2 aromatic rings. The van der Waals surface area contributed by atoms with Gasteiger partial charge < -0.3 is 5.32 Å². The van der Waals surface area contributed by atoms with Gasteiger partial charge in [0.25, 0.3) is 0 Å². The molecule has 0 radical (unpaired) electrons. The monoisotopic (exact) mass is 393 g/mol. The predicted molar refractivity (Wildman–Crippen MR) is 98.1 cm³/mol. The van der Waals surface area contributed by atoms with E-state index in [0.29, 0.717) is 0 Å². The van der Waals surface area contributed by atoms with Crippen LogP contribution in [0.4, 0.5) is 0 Å². The third kappa shape index (κ3) is 4.75. The van der Waals surface area contributed by atoms with Crippen LogP contribution in [0, 0.1) is 13.8 Å². The van der Waals surface area contributed by atoms with Crippen molar-refractivity contribution in [1.82, 2.24) is 5.32 Å². The first-order chi connectivity index (χ1) is 10.9. The van der Waals surface area contributed by atoms with E-state index in [2.05, 4.69) is 21.2 Å². The molecule has 2 rings (SSSR count). The van der Waals surface area contributed by atoms with Crippen molar-refractivity contribution in [3.8, 4) is 0 Å². The summed E-state index contributed by atoms with van der Waals surface area (Å²) in [6, 6.07) is 9.60. The van der Waals surface area contributed by atoms with Crippen molar-refractivity contribution < 1.29 is 9.59 Å². The molecule has 0 aliphatic rings. The van der Waals surface area contributed by atoms with Crippen LogP contribution < -0.4 is 5.32 Å². The van der Waals surface area contributed by atoms with Crippen LogP contribution in [0.25, 0.3) is 0 Å². The van der Waals surface area contributed by atoms with E-state index in [1.165, 1.54) is 0 Å². The van der Waals surface area contributed by atoms with Crippen LogP contribution in [-0.4, -0.2) is 11.7 Å². The molecule has 0 aliphatic carbocycles. The highest BCUT2D eigenvalue weighted by Crippen LogP contribution is 2.24. The molecule has 1 atom stereocenters. The number of rotatable bonds is 6. The standard InChI is InChI=1S/C18H20BrNO2S/c1-11-10-15(13(3)23-11)17(21)8-9-18(22)20-12(2)14-6-4-5-7-16(14)19/h4-7,10,12H,8-9H2,1-3H3,(H,20,22). The summed E-state index contributed by atoms with van der Waals surface area (Å²) in [5.74, 6) is -0.0678. The van der Waals surface area contributed by atoms with Crippen LogP contribution >= 0.6 is 27.3 Å². The van der Waals surface area contributed by atoms with Gasteiger partial charge in [0.2, 0.25) is 5.91 Å². The fourth-order valence-corrected chi connectivity index (χ4v) is 4.06. The molecule has 1 aromatic carbocycles. The summed E-state index contributed by atoms with van der Waals surface area (Å²) in [6.07, 6.45) is 0.452. The molecule has 23 heavy (non-hydrogen) atoms. The zero-order valence-electron chi connectivity index (χ0n) is 13.5. The maximum Gasteiger partial charge on any atom is 0.220 e. The molecule has 1 unspecified atom stereocenters. The van der Waals surface area contributed by atoms with E-state index in [1.54, 1.807) is 11.3 Å². The highest BCUT2D eigenvalue weighted by Gasteiger charge is 2.16. The molecule has 1 aromatic heterocycles. The minimum Gasteiger partial charge on any atom is -0.350 e. The second-order valence-electron chi connectivity index (χ2n) is 5.56. The molecule has 122 valence electrons. The van der Waals surface area contributed by atoms with Gasteiger partial charge >= 0.3 is 0 Å². The van der Waals surface area contributed by atoms with Gasteiger partial charge in [0.1, 0.15) is 0 Å². The summed E-state index contributed by atoms with van der Waals surface area (Å²) in [5, 5.41) is 2.95. The number of aryl methyl sites for hydroxylation is 2. The van der Waals surface area contributed by atoms with Crippen LogP contribution in [0.2, 0.25) is 0 Å². The summed E-state index contributed by atoms with van der Waals surface area (Å²) < 4.78 is 0.966. The maximum atomic E-state index is 12.2. The predicted octanol–water partition coefficient (Wildman–Crippen LogP) is 4.97. The molecule has 3 nitrogen and oxygen atoms in total. The van der Waals surface area contributed by atoms with Crippen LogP contribution in [0.3, 0.4) is 0 Å². The Morgan fingerprint density at radius 3 is 2.52 bits per heavy atom. The lowest BCUT2D eigenvalue weighted by Gasteiger charge is -2.15. The largest absolute Gasteiger partial charge is 0.350 e. The van der Waals surface area contributed by atoms with Gasteiger partial charge in [0, 0.05) is 32.6 Å². The first kappa shape index (κ1) is 17.9. The van der Waals surface area contributed by atoms with Gasteiger partial charge in [0.15, 0.2) is 5.78 Å². The molecule has 0 aliphatic heterocycles.